The number of nitrogens with one attached hydrogen (secondary N) is 1. The van der Waals surface area contributed by atoms with Crippen molar-refractivity contribution in [3.63, 3.8) is 0 Å². The topological polar surface area (TPSA) is 96.7 Å². The first-order chi connectivity index (χ1) is 14.6. The van der Waals surface area contributed by atoms with Crippen LogP contribution in [0, 0.1) is 0 Å². The van der Waals surface area contributed by atoms with Crippen LogP contribution in [0.4, 0.5) is 5.95 Å². The van der Waals surface area contributed by atoms with Crippen molar-refractivity contribution in [2.45, 2.75) is 39.2 Å². The normalized spacial score (nSPS) is 15.3. The van der Waals surface area contributed by atoms with Crippen LogP contribution in [0.3, 0.4) is 0 Å². The molecule has 162 valence electrons. The monoisotopic (exact) mass is 416 g/mol. The summed E-state index contributed by atoms with van der Waals surface area (Å²) < 4.78 is 23.8. The maximum absolute atomic E-state index is 13.1. The van der Waals surface area contributed by atoms with Crippen molar-refractivity contribution in [1.82, 2.24) is 14.8 Å². The number of aromatic nitrogens is 3. The van der Waals surface area contributed by atoms with E-state index in [0.717, 1.165) is 19.3 Å². The summed E-state index contributed by atoms with van der Waals surface area (Å²) >= 11 is 0. The molecule has 2 aromatic rings. The third-order valence-electron chi connectivity index (χ3n) is 5.02. The molecule has 1 atom stereocenters. The summed E-state index contributed by atoms with van der Waals surface area (Å²) in [6.45, 7) is 4.29. The van der Waals surface area contributed by atoms with Crippen molar-refractivity contribution in [3.8, 4) is 17.2 Å². The molecule has 0 aliphatic carbocycles. The van der Waals surface area contributed by atoms with E-state index in [-0.39, 0.29) is 0 Å². The molecule has 3 rings (SSSR count). The Hall–Kier alpha value is -3.23. The van der Waals surface area contributed by atoms with E-state index in [1.807, 2.05) is 13.0 Å². The van der Waals surface area contributed by atoms with Crippen LogP contribution in [0.25, 0.3) is 0 Å². The summed E-state index contributed by atoms with van der Waals surface area (Å²) in [6, 6.07) is 3.01. The fraction of sp³-hybridized carbons (Fsp3) is 0.476. The molecule has 0 radical (unpaired) electrons. The summed E-state index contributed by atoms with van der Waals surface area (Å²) in [5, 5.41) is 7.47. The van der Waals surface area contributed by atoms with Gasteiger partial charge in [0, 0.05) is 11.3 Å². The summed E-state index contributed by atoms with van der Waals surface area (Å²) in [5.74, 6) is 1.53. The van der Waals surface area contributed by atoms with Gasteiger partial charge < -0.3 is 24.3 Å². The molecule has 0 amide bonds. The van der Waals surface area contributed by atoms with Crippen molar-refractivity contribution in [3.05, 3.63) is 35.3 Å². The average Bonchev–Trinajstić information content (AvgIpc) is 3.22. The van der Waals surface area contributed by atoms with Gasteiger partial charge in [0.25, 0.3) is 0 Å². The van der Waals surface area contributed by atoms with E-state index < -0.39 is 12.0 Å². The van der Waals surface area contributed by atoms with E-state index in [9.17, 15) is 4.79 Å². The number of benzene rings is 1. The van der Waals surface area contributed by atoms with Crippen molar-refractivity contribution >= 4 is 11.9 Å². The van der Waals surface area contributed by atoms with E-state index in [1.54, 1.807) is 25.0 Å². The summed E-state index contributed by atoms with van der Waals surface area (Å²) in [7, 11) is 4.64. The fourth-order valence-corrected chi connectivity index (χ4v) is 3.58. The molecular weight excluding hydrogens is 388 g/mol. The SMILES string of the molecule is CCCCCOC(=O)C1=C(C)Nc2ncnn2[C@H]1c1ccc(OC)c(OC)c1OC. The van der Waals surface area contributed by atoms with Gasteiger partial charge in [-0.2, -0.15) is 10.1 Å². The van der Waals surface area contributed by atoms with Crippen LogP contribution in [0.1, 0.15) is 44.7 Å². The molecule has 9 nitrogen and oxygen atoms in total. The number of rotatable bonds is 9. The van der Waals surface area contributed by atoms with Crippen LogP contribution in [-0.4, -0.2) is 48.7 Å². The summed E-state index contributed by atoms with van der Waals surface area (Å²) in [6.07, 6.45) is 4.31. The minimum Gasteiger partial charge on any atom is -0.493 e. The first-order valence-electron chi connectivity index (χ1n) is 9.90. The number of esters is 1. The largest absolute Gasteiger partial charge is 0.493 e. The van der Waals surface area contributed by atoms with Gasteiger partial charge in [-0.25, -0.2) is 9.48 Å². The molecule has 0 bridgehead atoms. The lowest BCUT2D eigenvalue weighted by atomic mass is 9.94. The van der Waals surface area contributed by atoms with Gasteiger partial charge >= 0.3 is 5.97 Å². The van der Waals surface area contributed by atoms with E-state index >= 15 is 0 Å². The minimum absolute atomic E-state index is 0.365. The zero-order valence-electron chi connectivity index (χ0n) is 18.0. The number of hydrogen-bond donors (Lipinski definition) is 1. The maximum atomic E-state index is 13.1. The number of hydrogen-bond acceptors (Lipinski definition) is 8. The quantitative estimate of drug-likeness (QED) is 0.491. The zero-order valence-corrected chi connectivity index (χ0v) is 18.0. The lowest BCUT2D eigenvalue weighted by Gasteiger charge is -2.29. The molecule has 1 N–H and O–H groups in total. The molecule has 0 saturated carbocycles. The fourth-order valence-electron chi connectivity index (χ4n) is 3.58. The molecular formula is C21H28N4O5. The molecule has 9 heteroatoms. The number of carbonyl (C=O) groups excluding carboxylic acids is 1. The second-order valence-corrected chi connectivity index (χ2v) is 6.86. The predicted molar refractivity (Wildman–Crippen MR) is 111 cm³/mol. The van der Waals surface area contributed by atoms with Gasteiger partial charge in [0.05, 0.1) is 33.5 Å². The summed E-state index contributed by atoms with van der Waals surface area (Å²) in [5.41, 5.74) is 1.77. The highest BCUT2D eigenvalue weighted by molar-refractivity contribution is 5.92. The second-order valence-electron chi connectivity index (χ2n) is 6.86. The Kier molecular flexibility index (Phi) is 6.81. The van der Waals surface area contributed by atoms with Crippen LogP contribution in [-0.2, 0) is 9.53 Å². The number of carbonyl (C=O) groups is 1. The Bertz CT molecular complexity index is 937. The van der Waals surface area contributed by atoms with Gasteiger partial charge in [-0.1, -0.05) is 19.8 Å². The third kappa shape index (κ3) is 3.92. The Labute approximate surface area is 176 Å². The van der Waals surface area contributed by atoms with Crippen LogP contribution >= 0.6 is 0 Å². The smallest absolute Gasteiger partial charge is 0.338 e. The molecule has 0 saturated heterocycles. The Morgan fingerprint density at radius 3 is 2.57 bits per heavy atom. The Morgan fingerprint density at radius 2 is 1.90 bits per heavy atom. The van der Waals surface area contributed by atoms with E-state index in [1.165, 1.54) is 13.4 Å². The van der Waals surface area contributed by atoms with Gasteiger partial charge in [0.2, 0.25) is 11.7 Å². The molecule has 0 unspecified atom stereocenters. The van der Waals surface area contributed by atoms with Crippen molar-refractivity contribution in [1.29, 1.82) is 0 Å². The number of allylic oxidation sites excluding steroid dienone is 1. The minimum atomic E-state index is -0.600. The Balaban J connectivity index is 2.09. The highest BCUT2D eigenvalue weighted by Crippen LogP contribution is 2.46. The number of fused-ring (bicyclic) bond motifs is 1. The highest BCUT2D eigenvalue weighted by Gasteiger charge is 2.37. The number of ether oxygens (including phenoxy) is 4. The van der Waals surface area contributed by atoms with Crippen LogP contribution in [0.15, 0.2) is 29.7 Å². The number of nitrogens with zero attached hydrogens (tertiary/aromatic N) is 3. The van der Waals surface area contributed by atoms with E-state index in [0.29, 0.717) is 46.6 Å². The maximum Gasteiger partial charge on any atom is 0.338 e. The number of methoxy groups -OCH3 is 3. The first-order valence-corrected chi connectivity index (χ1v) is 9.90. The third-order valence-corrected chi connectivity index (χ3v) is 5.02. The van der Waals surface area contributed by atoms with Gasteiger partial charge in [-0.3, -0.25) is 0 Å². The molecule has 0 fully saturated rings. The van der Waals surface area contributed by atoms with Crippen molar-refractivity contribution in [2.75, 3.05) is 33.3 Å². The van der Waals surface area contributed by atoms with Crippen LogP contribution < -0.4 is 19.5 Å². The van der Waals surface area contributed by atoms with E-state index in [4.69, 9.17) is 18.9 Å². The molecule has 30 heavy (non-hydrogen) atoms. The van der Waals surface area contributed by atoms with Gasteiger partial charge in [0.1, 0.15) is 12.4 Å². The predicted octanol–water partition coefficient (Wildman–Crippen LogP) is 3.33. The number of anilines is 1. The molecule has 1 aromatic carbocycles. The molecule has 1 aliphatic heterocycles. The Morgan fingerprint density at radius 1 is 1.13 bits per heavy atom. The van der Waals surface area contributed by atoms with E-state index in [2.05, 4.69) is 22.3 Å². The van der Waals surface area contributed by atoms with Crippen molar-refractivity contribution < 1.29 is 23.7 Å². The average molecular weight is 416 g/mol. The van der Waals surface area contributed by atoms with Gasteiger partial charge in [-0.15, -0.1) is 0 Å². The molecule has 2 heterocycles. The van der Waals surface area contributed by atoms with Gasteiger partial charge in [0.15, 0.2) is 11.5 Å². The van der Waals surface area contributed by atoms with Gasteiger partial charge in [-0.05, 0) is 25.5 Å². The highest BCUT2D eigenvalue weighted by atomic mass is 16.5. The van der Waals surface area contributed by atoms with Crippen LogP contribution in [0.2, 0.25) is 0 Å². The van der Waals surface area contributed by atoms with Crippen molar-refractivity contribution in [2.24, 2.45) is 0 Å². The standard InChI is InChI=1S/C21H28N4O5/c1-6-7-8-11-30-20(26)16-13(2)24-21-22-12-23-25(21)17(16)14-9-10-15(27-3)19(29-5)18(14)28-4/h9-10,12,17H,6-8,11H2,1-5H3,(H,22,23,24)/t17-/m0/s1. The molecule has 1 aliphatic rings. The van der Waals surface area contributed by atoms with Crippen LogP contribution in [0.5, 0.6) is 17.2 Å². The zero-order chi connectivity index (χ0) is 21.7. The lowest BCUT2D eigenvalue weighted by molar-refractivity contribution is -0.139. The summed E-state index contributed by atoms with van der Waals surface area (Å²) in [4.78, 5) is 17.3. The first kappa shape index (κ1) is 21.5. The lowest BCUT2D eigenvalue weighted by Crippen LogP contribution is -2.30. The second kappa shape index (κ2) is 9.51. The number of unbranched alkanes of at least 4 members (excludes halogenated alkanes) is 2. The molecule has 1 aromatic heterocycles. The molecule has 0 spiro atoms.